The smallest absolute Gasteiger partial charge is 0.306 e. The van der Waals surface area contributed by atoms with Gasteiger partial charge in [0, 0.05) is 6.42 Å². The minimum absolute atomic E-state index is 0.0783. The van der Waals surface area contributed by atoms with Gasteiger partial charge in [0.1, 0.15) is 6.10 Å². The van der Waals surface area contributed by atoms with E-state index in [0.29, 0.717) is 19.3 Å². The number of aliphatic hydroxyl groups excluding tert-OH is 2. The Morgan fingerprint density at radius 2 is 0.773 bits per heavy atom. The predicted molar refractivity (Wildman–Crippen MR) is 287 cm³/mol. The summed E-state index contributed by atoms with van der Waals surface area (Å²) in [4.78, 5) is 26.3. The Labute approximate surface area is 411 Å². The quantitative estimate of drug-likeness (QED) is 0.0321. The van der Waals surface area contributed by atoms with Crippen molar-refractivity contribution in [1.29, 1.82) is 0 Å². The molecular formula is C60H115NO5. The van der Waals surface area contributed by atoms with Crippen LogP contribution in [-0.4, -0.2) is 46.9 Å². The number of ether oxygens (including phenoxy) is 1. The first-order chi connectivity index (χ1) is 32.5. The van der Waals surface area contributed by atoms with E-state index in [1.807, 2.05) is 0 Å². The third kappa shape index (κ3) is 48.8. The van der Waals surface area contributed by atoms with Crippen molar-refractivity contribution in [2.24, 2.45) is 0 Å². The zero-order valence-corrected chi connectivity index (χ0v) is 44.6. The number of unbranched alkanes of at least 4 members (excludes halogenated alkanes) is 38. The fraction of sp³-hybridized carbons (Fsp3) is 0.900. The Balaban J connectivity index is 4.53. The van der Waals surface area contributed by atoms with E-state index in [2.05, 4.69) is 50.4 Å². The van der Waals surface area contributed by atoms with E-state index in [9.17, 15) is 19.8 Å². The number of hydrogen-bond acceptors (Lipinski definition) is 5. The molecular weight excluding hydrogens is 815 g/mol. The molecule has 0 aliphatic heterocycles. The molecule has 6 heteroatoms. The molecule has 0 aliphatic rings. The SMILES string of the molecule is CCCCC/C=C\C/C=C\CCCCCCCCCC(CC(=O)NC(CO)C(O)CCCCCCCCCCCCCCC)OC(=O)CCCCCCCCCCCCCCCCCCC. The molecule has 0 rings (SSSR count). The Kier molecular flexibility index (Phi) is 52.9. The van der Waals surface area contributed by atoms with Crippen molar-refractivity contribution in [3.8, 4) is 0 Å². The van der Waals surface area contributed by atoms with Gasteiger partial charge in [0.15, 0.2) is 0 Å². The summed E-state index contributed by atoms with van der Waals surface area (Å²) in [6, 6.07) is -0.700. The molecule has 0 bridgehead atoms. The van der Waals surface area contributed by atoms with Crippen LogP contribution in [0.2, 0.25) is 0 Å². The van der Waals surface area contributed by atoms with Crippen LogP contribution in [0.5, 0.6) is 0 Å². The molecule has 0 spiro atoms. The highest BCUT2D eigenvalue weighted by atomic mass is 16.5. The number of carbonyl (C=O) groups excluding carboxylic acids is 2. The Bertz CT molecular complexity index is 1040. The number of aliphatic hydroxyl groups is 2. The van der Waals surface area contributed by atoms with Gasteiger partial charge in [0.05, 0.1) is 25.2 Å². The first-order valence-electron chi connectivity index (χ1n) is 29.6. The monoisotopic (exact) mass is 930 g/mol. The molecule has 0 heterocycles. The maximum absolute atomic E-state index is 13.3. The number of rotatable bonds is 54. The van der Waals surface area contributed by atoms with E-state index in [4.69, 9.17) is 4.74 Å². The lowest BCUT2D eigenvalue weighted by Crippen LogP contribution is -2.46. The fourth-order valence-electron chi connectivity index (χ4n) is 9.29. The highest BCUT2D eigenvalue weighted by Crippen LogP contribution is 2.19. The van der Waals surface area contributed by atoms with Gasteiger partial charge in [-0.05, 0) is 57.8 Å². The standard InChI is InChI=1S/C60H115NO5/c1-4-7-10-13-16-19-22-25-27-29-31-34-36-39-42-45-48-51-56(66-60(65)53-50-47-44-41-38-35-32-30-28-26-23-20-17-14-11-8-5-2)54-59(64)61-57(55-62)58(63)52-49-46-43-40-37-33-24-21-18-15-12-9-6-3/h16,19,25,27,56-58,62-63H,4-15,17-18,20-24,26,28-55H2,1-3H3,(H,61,64)/b19-16-,27-25-. The van der Waals surface area contributed by atoms with Crippen LogP contribution in [0, 0.1) is 0 Å². The van der Waals surface area contributed by atoms with Crippen LogP contribution in [0.3, 0.4) is 0 Å². The molecule has 0 radical (unpaired) electrons. The second kappa shape index (κ2) is 54.3. The highest BCUT2D eigenvalue weighted by Gasteiger charge is 2.24. The Morgan fingerprint density at radius 3 is 1.18 bits per heavy atom. The minimum atomic E-state index is -0.786. The van der Waals surface area contributed by atoms with Crippen LogP contribution in [-0.2, 0) is 14.3 Å². The van der Waals surface area contributed by atoms with Gasteiger partial charge in [-0.3, -0.25) is 9.59 Å². The van der Waals surface area contributed by atoms with Crippen LogP contribution in [0.1, 0.15) is 323 Å². The zero-order chi connectivity index (χ0) is 48.1. The van der Waals surface area contributed by atoms with Gasteiger partial charge >= 0.3 is 5.97 Å². The van der Waals surface area contributed by atoms with Gasteiger partial charge in [-0.25, -0.2) is 0 Å². The maximum Gasteiger partial charge on any atom is 0.306 e. The second-order valence-electron chi connectivity index (χ2n) is 20.4. The predicted octanol–water partition coefficient (Wildman–Crippen LogP) is 18.2. The average Bonchev–Trinajstić information content (AvgIpc) is 3.31. The minimum Gasteiger partial charge on any atom is -0.462 e. The highest BCUT2D eigenvalue weighted by molar-refractivity contribution is 5.77. The van der Waals surface area contributed by atoms with Crippen molar-refractivity contribution in [3.63, 3.8) is 0 Å². The number of hydrogen-bond donors (Lipinski definition) is 3. The normalized spacial score (nSPS) is 13.2. The topological polar surface area (TPSA) is 95.9 Å². The molecule has 0 saturated carbocycles. The van der Waals surface area contributed by atoms with Gasteiger partial charge < -0.3 is 20.3 Å². The molecule has 0 fully saturated rings. The summed E-state index contributed by atoms with van der Waals surface area (Å²) in [6.07, 6.45) is 63.8. The first-order valence-corrected chi connectivity index (χ1v) is 29.6. The number of allylic oxidation sites excluding steroid dienone is 4. The molecule has 3 unspecified atom stereocenters. The van der Waals surface area contributed by atoms with Crippen LogP contribution >= 0.6 is 0 Å². The van der Waals surface area contributed by atoms with Gasteiger partial charge in [0.25, 0.3) is 0 Å². The van der Waals surface area contributed by atoms with Crippen LogP contribution < -0.4 is 5.32 Å². The molecule has 3 N–H and O–H groups in total. The fourth-order valence-corrected chi connectivity index (χ4v) is 9.29. The summed E-state index contributed by atoms with van der Waals surface area (Å²) in [7, 11) is 0. The molecule has 0 aromatic carbocycles. The van der Waals surface area contributed by atoms with Gasteiger partial charge in [-0.15, -0.1) is 0 Å². The Morgan fingerprint density at radius 1 is 0.439 bits per heavy atom. The molecule has 0 saturated heterocycles. The van der Waals surface area contributed by atoms with Crippen LogP contribution in [0.4, 0.5) is 0 Å². The van der Waals surface area contributed by atoms with E-state index in [1.165, 1.54) is 212 Å². The Hall–Kier alpha value is -1.66. The van der Waals surface area contributed by atoms with E-state index in [0.717, 1.165) is 64.2 Å². The van der Waals surface area contributed by atoms with E-state index >= 15 is 0 Å². The van der Waals surface area contributed by atoms with Crippen LogP contribution in [0.25, 0.3) is 0 Å². The average molecular weight is 931 g/mol. The van der Waals surface area contributed by atoms with Crippen molar-refractivity contribution >= 4 is 11.9 Å². The largest absolute Gasteiger partial charge is 0.462 e. The summed E-state index contributed by atoms with van der Waals surface area (Å²) in [5, 5.41) is 23.9. The van der Waals surface area contributed by atoms with Crippen molar-refractivity contribution in [2.75, 3.05) is 6.61 Å². The molecule has 1 amide bonds. The third-order valence-electron chi connectivity index (χ3n) is 13.8. The molecule has 390 valence electrons. The summed E-state index contributed by atoms with van der Waals surface area (Å²) < 4.78 is 5.97. The zero-order valence-electron chi connectivity index (χ0n) is 44.6. The maximum atomic E-state index is 13.3. The lowest BCUT2D eigenvalue weighted by Gasteiger charge is -2.24. The first kappa shape index (κ1) is 64.3. The number of esters is 1. The summed E-state index contributed by atoms with van der Waals surface area (Å²) in [5.41, 5.74) is 0. The molecule has 0 aliphatic carbocycles. The lowest BCUT2D eigenvalue weighted by atomic mass is 10.0. The summed E-state index contributed by atoms with van der Waals surface area (Å²) in [6.45, 7) is 6.50. The third-order valence-corrected chi connectivity index (χ3v) is 13.8. The second-order valence-corrected chi connectivity index (χ2v) is 20.4. The van der Waals surface area contributed by atoms with Gasteiger partial charge in [-0.2, -0.15) is 0 Å². The summed E-state index contributed by atoms with van der Waals surface area (Å²) >= 11 is 0. The van der Waals surface area contributed by atoms with E-state index in [-0.39, 0.29) is 24.9 Å². The lowest BCUT2D eigenvalue weighted by molar-refractivity contribution is -0.151. The van der Waals surface area contributed by atoms with Gasteiger partial charge in [-0.1, -0.05) is 276 Å². The molecule has 66 heavy (non-hydrogen) atoms. The van der Waals surface area contributed by atoms with Gasteiger partial charge in [0.2, 0.25) is 5.91 Å². The number of nitrogens with one attached hydrogen (secondary N) is 1. The van der Waals surface area contributed by atoms with Crippen molar-refractivity contribution in [1.82, 2.24) is 5.32 Å². The molecule has 6 nitrogen and oxygen atoms in total. The number of carbonyl (C=O) groups is 2. The van der Waals surface area contributed by atoms with E-state index < -0.39 is 18.2 Å². The molecule has 3 atom stereocenters. The number of amides is 1. The molecule has 0 aromatic heterocycles. The summed E-state index contributed by atoms with van der Waals surface area (Å²) in [5.74, 6) is -0.460. The van der Waals surface area contributed by atoms with Crippen molar-refractivity contribution < 1.29 is 24.5 Å². The van der Waals surface area contributed by atoms with Crippen molar-refractivity contribution in [3.05, 3.63) is 24.3 Å². The van der Waals surface area contributed by atoms with E-state index in [1.54, 1.807) is 0 Å². The van der Waals surface area contributed by atoms with Crippen molar-refractivity contribution in [2.45, 2.75) is 341 Å². The molecule has 0 aromatic rings. The van der Waals surface area contributed by atoms with Crippen LogP contribution in [0.15, 0.2) is 24.3 Å².